The van der Waals surface area contributed by atoms with Gasteiger partial charge in [0.15, 0.2) is 17.3 Å². The molecule has 6 nitrogen and oxygen atoms in total. The summed E-state index contributed by atoms with van der Waals surface area (Å²) in [4.78, 5) is 0. The molecule has 0 fully saturated rings. The predicted octanol–water partition coefficient (Wildman–Crippen LogP) is 6.68. The fraction of sp³-hybridized carbons (Fsp3) is 0.333. The van der Waals surface area contributed by atoms with Crippen LogP contribution in [0.2, 0.25) is 10.0 Å². The van der Waals surface area contributed by atoms with Crippen molar-refractivity contribution in [3.8, 4) is 11.5 Å². The molecule has 0 atom stereocenters. The maximum absolute atomic E-state index is 6.10. The first-order chi connectivity index (χ1) is 14.9. The molecule has 10 heteroatoms. The molecule has 2 aromatic carbocycles. The zero-order valence-electron chi connectivity index (χ0n) is 17.2. The highest BCUT2D eigenvalue weighted by Crippen LogP contribution is 2.35. The third-order valence-electron chi connectivity index (χ3n) is 4.43. The van der Waals surface area contributed by atoms with Gasteiger partial charge in [-0.05, 0) is 61.0 Å². The van der Waals surface area contributed by atoms with Crippen molar-refractivity contribution in [1.82, 2.24) is 14.9 Å². The van der Waals surface area contributed by atoms with Crippen LogP contribution in [-0.4, -0.2) is 21.5 Å². The fourth-order valence-corrected chi connectivity index (χ4v) is 3.93. The molecule has 31 heavy (non-hydrogen) atoms. The van der Waals surface area contributed by atoms with Crippen molar-refractivity contribution in [3.63, 3.8) is 0 Å². The number of aromatic amines is 1. The molecule has 0 bridgehead atoms. The minimum atomic E-state index is 0.339. The van der Waals surface area contributed by atoms with Gasteiger partial charge in [0.2, 0.25) is 4.77 Å². The molecular weight excluding hydrogens is 523 g/mol. The molecule has 0 unspecified atom stereocenters. The number of aryl methyl sites for hydroxylation is 1. The van der Waals surface area contributed by atoms with Gasteiger partial charge in [0, 0.05) is 10.9 Å². The van der Waals surface area contributed by atoms with E-state index in [1.165, 1.54) is 0 Å². The van der Waals surface area contributed by atoms with Gasteiger partial charge in [0.1, 0.15) is 6.61 Å². The van der Waals surface area contributed by atoms with Crippen LogP contribution in [0.25, 0.3) is 0 Å². The summed E-state index contributed by atoms with van der Waals surface area (Å²) < 4.78 is 15.1. The number of nitrogens with zero attached hydrogens (tertiary/aromatic N) is 2. The summed E-state index contributed by atoms with van der Waals surface area (Å²) >= 11 is 21.1. The van der Waals surface area contributed by atoms with E-state index in [1.807, 2.05) is 25.1 Å². The van der Waals surface area contributed by atoms with Crippen LogP contribution in [0, 0.1) is 4.77 Å². The second-order valence-corrected chi connectivity index (χ2v) is 8.78. The summed E-state index contributed by atoms with van der Waals surface area (Å²) in [6.45, 7) is 5.42. The third-order valence-corrected chi connectivity index (χ3v) is 6.19. The Balaban J connectivity index is 1.77. The van der Waals surface area contributed by atoms with Gasteiger partial charge in [-0.2, -0.15) is 5.10 Å². The first-order valence-corrected chi connectivity index (χ1v) is 11.8. The molecule has 2 N–H and O–H groups in total. The number of hydrogen-bond donors (Lipinski definition) is 2. The minimum Gasteiger partial charge on any atom is -0.490 e. The van der Waals surface area contributed by atoms with E-state index in [1.54, 1.807) is 16.8 Å². The van der Waals surface area contributed by atoms with Gasteiger partial charge < -0.3 is 14.9 Å². The van der Waals surface area contributed by atoms with Crippen molar-refractivity contribution in [2.75, 3.05) is 12.0 Å². The van der Waals surface area contributed by atoms with Crippen LogP contribution in [0.15, 0.2) is 34.8 Å². The van der Waals surface area contributed by atoms with Gasteiger partial charge in [-0.25, -0.2) is 4.68 Å². The van der Waals surface area contributed by atoms with Gasteiger partial charge in [-0.3, -0.25) is 5.10 Å². The first-order valence-electron chi connectivity index (χ1n) is 9.85. The lowest BCUT2D eigenvalue weighted by atomic mass is 10.2. The molecule has 0 spiro atoms. The highest BCUT2D eigenvalue weighted by molar-refractivity contribution is 9.10. The molecule has 3 rings (SSSR count). The average molecular weight is 546 g/mol. The molecule has 3 aromatic rings. The molecule has 166 valence electrons. The van der Waals surface area contributed by atoms with Crippen LogP contribution < -0.4 is 14.9 Å². The lowest BCUT2D eigenvalue weighted by Crippen LogP contribution is -2.18. The van der Waals surface area contributed by atoms with Crippen LogP contribution >= 0.6 is 51.3 Å². The minimum absolute atomic E-state index is 0.339. The molecule has 0 aliphatic rings. The van der Waals surface area contributed by atoms with Crippen molar-refractivity contribution < 1.29 is 9.47 Å². The Morgan fingerprint density at radius 3 is 2.61 bits per heavy atom. The largest absolute Gasteiger partial charge is 0.490 e. The number of H-pyrrole nitrogens is 1. The van der Waals surface area contributed by atoms with E-state index in [4.69, 9.17) is 44.9 Å². The topological polar surface area (TPSA) is 64.1 Å². The van der Waals surface area contributed by atoms with Gasteiger partial charge in [0.05, 0.1) is 23.2 Å². The zero-order chi connectivity index (χ0) is 22.4. The van der Waals surface area contributed by atoms with Crippen molar-refractivity contribution in [3.05, 3.63) is 66.6 Å². The van der Waals surface area contributed by atoms with E-state index in [9.17, 15) is 0 Å². The SMILES string of the molecule is CCCc1n[nH]c(=S)n1NCc1cc(OCC)c(OCc2ccc(Cl)c(Cl)c2)cc1Br. The lowest BCUT2D eigenvalue weighted by molar-refractivity contribution is 0.269. The number of nitrogens with one attached hydrogen (secondary N) is 2. The predicted molar refractivity (Wildman–Crippen MR) is 131 cm³/mol. The number of aromatic nitrogens is 3. The molecule has 0 aliphatic carbocycles. The number of rotatable bonds is 10. The molecule has 0 radical (unpaired) electrons. The molecule has 0 saturated heterocycles. The van der Waals surface area contributed by atoms with Crippen LogP contribution in [0.3, 0.4) is 0 Å². The molecular formula is C21H23BrCl2N4O2S. The van der Waals surface area contributed by atoms with Gasteiger partial charge in [-0.1, -0.05) is 52.1 Å². The van der Waals surface area contributed by atoms with Crippen LogP contribution in [-0.2, 0) is 19.6 Å². The Labute approximate surface area is 205 Å². The smallest absolute Gasteiger partial charge is 0.214 e. The van der Waals surface area contributed by atoms with Crippen LogP contribution in [0.1, 0.15) is 37.2 Å². The molecule has 1 heterocycles. The van der Waals surface area contributed by atoms with Crippen LogP contribution in [0.5, 0.6) is 11.5 Å². The Hall–Kier alpha value is -1.74. The summed E-state index contributed by atoms with van der Waals surface area (Å²) in [5.74, 6) is 2.16. The Morgan fingerprint density at radius 1 is 1.13 bits per heavy atom. The van der Waals surface area contributed by atoms with Crippen molar-refractivity contribution in [2.24, 2.45) is 0 Å². The summed E-state index contributed by atoms with van der Waals surface area (Å²) in [6, 6.07) is 9.28. The van der Waals surface area contributed by atoms with Crippen molar-refractivity contribution in [2.45, 2.75) is 39.8 Å². The van der Waals surface area contributed by atoms with Crippen molar-refractivity contribution >= 4 is 51.3 Å². The summed E-state index contributed by atoms with van der Waals surface area (Å²) in [6.07, 6.45) is 1.80. The number of halogens is 3. The highest BCUT2D eigenvalue weighted by Gasteiger charge is 2.13. The molecule has 0 amide bonds. The summed E-state index contributed by atoms with van der Waals surface area (Å²) in [7, 11) is 0. The van der Waals surface area contributed by atoms with Gasteiger partial charge >= 0.3 is 0 Å². The maximum atomic E-state index is 6.10. The first kappa shape index (κ1) is 23.9. The molecule has 0 aliphatic heterocycles. The van der Waals surface area contributed by atoms with Crippen molar-refractivity contribution in [1.29, 1.82) is 0 Å². The standard InChI is InChI=1S/C21H23BrCl2N4O2S/c1-3-5-20-26-27-21(31)28(20)25-11-14-9-18(29-4-2)19(10-15(14)22)30-12-13-6-7-16(23)17(24)8-13/h6-10,25H,3-5,11-12H2,1-2H3,(H,27,31). The Bertz CT molecular complexity index is 1100. The number of ether oxygens (including phenoxy) is 2. The average Bonchev–Trinajstić information content (AvgIpc) is 3.09. The van der Waals surface area contributed by atoms with E-state index in [0.29, 0.717) is 46.1 Å². The molecule has 1 aromatic heterocycles. The maximum Gasteiger partial charge on any atom is 0.214 e. The van der Waals surface area contributed by atoms with E-state index >= 15 is 0 Å². The number of benzene rings is 2. The fourth-order valence-electron chi connectivity index (χ4n) is 2.93. The second-order valence-electron chi connectivity index (χ2n) is 6.73. The quantitative estimate of drug-likeness (QED) is 0.278. The monoisotopic (exact) mass is 544 g/mol. The zero-order valence-corrected chi connectivity index (χ0v) is 21.1. The lowest BCUT2D eigenvalue weighted by Gasteiger charge is -2.16. The van der Waals surface area contributed by atoms with Gasteiger partial charge in [0.25, 0.3) is 0 Å². The number of hydrogen-bond acceptors (Lipinski definition) is 5. The molecule has 0 saturated carbocycles. The summed E-state index contributed by atoms with van der Waals surface area (Å²) in [5.41, 5.74) is 5.24. The highest BCUT2D eigenvalue weighted by atomic mass is 79.9. The summed E-state index contributed by atoms with van der Waals surface area (Å²) in [5, 5.41) is 8.12. The normalized spacial score (nSPS) is 10.9. The Kier molecular flexibility index (Phi) is 8.66. The van der Waals surface area contributed by atoms with E-state index in [2.05, 4.69) is 38.5 Å². The van der Waals surface area contributed by atoms with E-state index in [-0.39, 0.29) is 0 Å². The second kappa shape index (κ2) is 11.2. The van der Waals surface area contributed by atoms with Gasteiger partial charge in [-0.15, -0.1) is 0 Å². The Morgan fingerprint density at radius 2 is 1.90 bits per heavy atom. The third kappa shape index (κ3) is 6.16. The van der Waals surface area contributed by atoms with E-state index < -0.39 is 0 Å². The van der Waals surface area contributed by atoms with Crippen LogP contribution in [0.4, 0.5) is 0 Å². The van der Waals surface area contributed by atoms with E-state index in [0.717, 1.165) is 34.3 Å².